The first-order valence-electron chi connectivity index (χ1n) is 8.04. The van der Waals surface area contributed by atoms with Gasteiger partial charge in [-0.15, -0.1) is 11.8 Å². The summed E-state index contributed by atoms with van der Waals surface area (Å²) in [6, 6.07) is 5.84. The van der Waals surface area contributed by atoms with Crippen molar-refractivity contribution < 1.29 is 0 Å². The Bertz CT molecular complexity index is 757. The predicted molar refractivity (Wildman–Crippen MR) is 101 cm³/mol. The SMILES string of the molecule is CSc1cnc(NCC(C)CNc2ccc(-n3cccn3)cn2)nc1. The van der Waals surface area contributed by atoms with Crippen molar-refractivity contribution in [2.45, 2.75) is 11.8 Å². The lowest BCUT2D eigenvalue weighted by atomic mass is 10.2. The van der Waals surface area contributed by atoms with Crippen LogP contribution in [0.1, 0.15) is 6.92 Å². The van der Waals surface area contributed by atoms with Crippen LogP contribution in [0.5, 0.6) is 0 Å². The van der Waals surface area contributed by atoms with E-state index >= 15 is 0 Å². The highest BCUT2D eigenvalue weighted by Gasteiger charge is 2.05. The van der Waals surface area contributed by atoms with E-state index in [1.807, 2.05) is 43.0 Å². The van der Waals surface area contributed by atoms with Gasteiger partial charge in [0.2, 0.25) is 5.95 Å². The Kier molecular flexibility index (Phi) is 5.84. The van der Waals surface area contributed by atoms with Crippen LogP contribution in [0, 0.1) is 5.92 Å². The van der Waals surface area contributed by atoms with Crippen LogP contribution in [0.25, 0.3) is 5.69 Å². The van der Waals surface area contributed by atoms with Gasteiger partial charge in [0.05, 0.1) is 11.9 Å². The molecule has 0 bridgehead atoms. The summed E-state index contributed by atoms with van der Waals surface area (Å²) in [5.74, 6) is 1.91. The first-order valence-corrected chi connectivity index (χ1v) is 9.27. The summed E-state index contributed by atoms with van der Waals surface area (Å²) in [4.78, 5) is 14.1. The average Bonchev–Trinajstić information content (AvgIpc) is 3.20. The van der Waals surface area contributed by atoms with E-state index in [1.54, 1.807) is 28.8 Å². The summed E-state index contributed by atoms with van der Waals surface area (Å²) in [7, 11) is 0. The van der Waals surface area contributed by atoms with E-state index in [0.717, 1.165) is 29.5 Å². The number of hydrogen-bond acceptors (Lipinski definition) is 7. The van der Waals surface area contributed by atoms with Crippen LogP contribution in [0.15, 0.2) is 54.1 Å². The smallest absolute Gasteiger partial charge is 0.222 e. The van der Waals surface area contributed by atoms with E-state index in [2.05, 4.69) is 37.6 Å². The molecule has 3 rings (SSSR count). The number of rotatable bonds is 8. The molecule has 0 aliphatic carbocycles. The molecule has 1 unspecified atom stereocenters. The van der Waals surface area contributed by atoms with Gasteiger partial charge in [0, 0.05) is 42.8 Å². The molecule has 0 aliphatic heterocycles. The minimum atomic E-state index is 0.399. The van der Waals surface area contributed by atoms with E-state index in [-0.39, 0.29) is 0 Å². The van der Waals surface area contributed by atoms with Gasteiger partial charge < -0.3 is 10.6 Å². The largest absolute Gasteiger partial charge is 0.370 e. The Balaban J connectivity index is 1.44. The highest BCUT2D eigenvalue weighted by Crippen LogP contribution is 2.12. The Morgan fingerprint density at radius 3 is 2.52 bits per heavy atom. The minimum Gasteiger partial charge on any atom is -0.370 e. The molecule has 25 heavy (non-hydrogen) atoms. The van der Waals surface area contributed by atoms with Crippen LogP contribution >= 0.6 is 11.8 Å². The number of thioether (sulfide) groups is 1. The molecular weight excluding hydrogens is 334 g/mol. The second-order valence-corrected chi connectivity index (χ2v) is 6.55. The fourth-order valence-electron chi connectivity index (χ4n) is 2.18. The van der Waals surface area contributed by atoms with E-state index in [0.29, 0.717) is 11.9 Å². The zero-order chi connectivity index (χ0) is 17.5. The highest BCUT2D eigenvalue weighted by atomic mass is 32.2. The zero-order valence-corrected chi connectivity index (χ0v) is 15.1. The summed E-state index contributed by atoms with van der Waals surface area (Å²) < 4.78 is 1.78. The van der Waals surface area contributed by atoms with Crippen molar-refractivity contribution in [3.05, 3.63) is 49.2 Å². The molecule has 0 saturated carbocycles. The molecule has 0 aromatic carbocycles. The van der Waals surface area contributed by atoms with E-state index in [4.69, 9.17) is 0 Å². The topological polar surface area (TPSA) is 80.5 Å². The average molecular weight is 355 g/mol. The van der Waals surface area contributed by atoms with Crippen LogP contribution in [0.4, 0.5) is 11.8 Å². The summed E-state index contributed by atoms with van der Waals surface area (Å²) in [6.07, 6.45) is 11.1. The second kappa shape index (κ2) is 8.48. The first-order chi connectivity index (χ1) is 12.2. The van der Waals surface area contributed by atoms with Gasteiger partial charge in [0.15, 0.2) is 0 Å². The van der Waals surface area contributed by atoms with Crippen LogP contribution in [0.2, 0.25) is 0 Å². The molecule has 0 saturated heterocycles. The molecular formula is C17H21N7S. The molecule has 3 aromatic heterocycles. The van der Waals surface area contributed by atoms with Gasteiger partial charge in [0.1, 0.15) is 5.82 Å². The normalized spacial score (nSPS) is 11.9. The van der Waals surface area contributed by atoms with Crippen molar-refractivity contribution in [1.29, 1.82) is 0 Å². The molecule has 8 heteroatoms. The third-order valence-electron chi connectivity index (χ3n) is 3.62. The molecule has 0 radical (unpaired) electrons. The van der Waals surface area contributed by atoms with E-state index in [1.165, 1.54) is 0 Å². The Labute approximate surface area is 151 Å². The maximum absolute atomic E-state index is 4.42. The summed E-state index contributed by atoms with van der Waals surface area (Å²) in [5.41, 5.74) is 0.941. The fourth-order valence-corrected chi connectivity index (χ4v) is 2.49. The number of nitrogens with one attached hydrogen (secondary N) is 2. The Hall–Kier alpha value is -2.61. The van der Waals surface area contributed by atoms with Crippen LogP contribution in [-0.2, 0) is 0 Å². The molecule has 130 valence electrons. The van der Waals surface area contributed by atoms with E-state index < -0.39 is 0 Å². The lowest BCUT2D eigenvalue weighted by Gasteiger charge is -2.14. The van der Waals surface area contributed by atoms with Gasteiger partial charge in [0.25, 0.3) is 0 Å². The van der Waals surface area contributed by atoms with Crippen molar-refractivity contribution in [2.75, 3.05) is 30.0 Å². The number of anilines is 2. The molecule has 0 aliphatic rings. The zero-order valence-electron chi connectivity index (χ0n) is 14.3. The first kappa shape index (κ1) is 17.2. The van der Waals surface area contributed by atoms with Crippen LogP contribution in [0.3, 0.4) is 0 Å². The summed E-state index contributed by atoms with van der Waals surface area (Å²) >= 11 is 1.63. The van der Waals surface area contributed by atoms with Gasteiger partial charge in [-0.05, 0) is 30.4 Å². The van der Waals surface area contributed by atoms with Crippen molar-refractivity contribution in [3.63, 3.8) is 0 Å². The molecule has 3 heterocycles. The fraction of sp³-hybridized carbons (Fsp3) is 0.294. The summed E-state index contributed by atoms with van der Waals surface area (Å²) in [5, 5.41) is 10.8. The maximum atomic E-state index is 4.42. The summed E-state index contributed by atoms with van der Waals surface area (Å²) in [6.45, 7) is 3.76. The molecule has 0 amide bonds. The third kappa shape index (κ3) is 4.93. The molecule has 1 atom stereocenters. The van der Waals surface area contributed by atoms with Gasteiger partial charge in [-0.25, -0.2) is 19.6 Å². The maximum Gasteiger partial charge on any atom is 0.222 e. The monoisotopic (exact) mass is 355 g/mol. The van der Waals surface area contributed by atoms with Crippen molar-refractivity contribution in [2.24, 2.45) is 5.92 Å². The molecule has 0 spiro atoms. The van der Waals surface area contributed by atoms with Gasteiger partial charge in [-0.3, -0.25) is 0 Å². The Morgan fingerprint density at radius 1 is 1.08 bits per heavy atom. The number of aromatic nitrogens is 5. The quantitative estimate of drug-likeness (QED) is 0.601. The minimum absolute atomic E-state index is 0.399. The number of hydrogen-bond donors (Lipinski definition) is 2. The Morgan fingerprint density at radius 2 is 1.88 bits per heavy atom. The van der Waals surface area contributed by atoms with Crippen LogP contribution < -0.4 is 10.6 Å². The van der Waals surface area contributed by atoms with E-state index in [9.17, 15) is 0 Å². The standard InChI is InChI=1S/C17H21N7S/c1-13(9-20-17-21-11-15(25-2)12-22-17)8-18-16-5-4-14(10-19-16)24-7-3-6-23-24/h3-7,10-13H,8-9H2,1-2H3,(H,18,19)(H,20,21,22). The van der Waals surface area contributed by atoms with Crippen LogP contribution in [-0.4, -0.2) is 44.1 Å². The van der Waals surface area contributed by atoms with Crippen molar-refractivity contribution >= 4 is 23.5 Å². The second-order valence-electron chi connectivity index (χ2n) is 5.67. The van der Waals surface area contributed by atoms with Gasteiger partial charge >= 0.3 is 0 Å². The molecule has 7 nitrogen and oxygen atoms in total. The third-order valence-corrected chi connectivity index (χ3v) is 4.30. The van der Waals surface area contributed by atoms with Gasteiger partial charge in [-0.1, -0.05) is 6.92 Å². The van der Waals surface area contributed by atoms with Crippen molar-refractivity contribution in [3.8, 4) is 5.69 Å². The lowest BCUT2D eigenvalue weighted by Crippen LogP contribution is -2.21. The molecule has 0 fully saturated rings. The molecule has 2 N–H and O–H groups in total. The molecule has 3 aromatic rings. The number of pyridine rings is 1. The predicted octanol–water partition coefficient (Wildman–Crippen LogP) is 2.94. The van der Waals surface area contributed by atoms with Crippen molar-refractivity contribution in [1.82, 2.24) is 24.7 Å². The lowest BCUT2D eigenvalue weighted by molar-refractivity contribution is 0.644. The van der Waals surface area contributed by atoms with Gasteiger partial charge in [-0.2, -0.15) is 5.10 Å². The highest BCUT2D eigenvalue weighted by molar-refractivity contribution is 7.98. The number of nitrogens with zero attached hydrogens (tertiary/aromatic N) is 5.